The number of hydrogen-bond acceptors (Lipinski definition) is 3. The van der Waals surface area contributed by atoms with Crippen LogP contribution in [0.15, 0.2) is 47.6 Å². The third-order valence-corrected chi connectivity index (χ3v) is 4.65. The van der Waals surface area contributed by atoms with Crippen molar-refractivity contribution in [3.63, 3.8) is 0 Å². The van der Waals surface area contributed by atoms with Gasteiger partial charge in [-0.2, -0.15) is 13.2 Å². The molecule has 2 nitrogen and oxygen atoms in total. The summed E-state index contributed by atoms with van der Waals surface area (Å²) in [6.45, 7) is 0. The molecular weight excluding hydrogens is 299 g/mol. The number of thioether (sulfide) groups is 1. The summed E-state index contributed by atoms with van der Waals surface area (Å²) in [5.41, 5.74) is -0.271. The number of benzene rings is 1. The topological polar surface area (TPSA) is 30.0 Å². The van der Waals surface area contributed by atoms with Crippen LogP contribution in [0.25, 0.3) is 0 Å². The average molecular weight is 309 g/mol. The first-order chi connectivity index (χ1) is 9.97. The minimum Gasteiger partial charge on any atom is -0.293 e. The third-order valence-electron chi connectivity index (χ3n) is 3.33. The molecule has 0 bridgehead atoms. The standard InChI is InChI=1S/C15H10F3NOS/c16-15(17,18)11-5-6-19-8-10(11)14(20)13-7-9-3-1-2-4-12(9)21-13/h1-6,8,13H,7H2. The molecule has 1 aliphatic heterocycles. The molecule has 0 spiro atoms. The smallest absolute Gasteiger partial charge is 0.293 e. The number of carbonyl (C=O) groups is 1. The highest BCUT2D eigenvalue weighted by Gasteiger charge is 2.38. The molecule has 0 saturated heterocycles. The summed E-state index contributed by atoms with van der Waals surface area (Å²) in [7, 11) is 0. The van der Waals surface area contributed by atoms with Crippen LogP contribution in [0, 0.1) is 0 Å². The number of nitrogens with zero attached hydrogens (tertiary/aromatic N) is 1. The molecule has 1 unspecified atom stereocenters. The zero-order chi connectivity index (χ0) is 15.0. The van der Waals surface area contributed by atoms with E-state index in [9.17, 15) is 18.0 Å². The van der Waals surface area contributed by atoms with Crippen molar-refractivity contribution in [2.45, 2.75) is 22.7 Å². The van der Waals surface area contributed by atoms with E-state index in [-0.39, 0.29) is 5.56 Å². The number of fused-ring (bicyclic) bond motifs is 1. The van der Waals surface area contributed by atoms with Crippen LogP contribution in [-0.4, -0.2) is 16.0 Å². The average Bonchev–Trinajstić information content (AvgIpc) is 2.89. The van der Waals surface area contributed by atoms with E-state index in [0.29, 0.717) is 6.42 Å². The molecule has 3 rings (SSSR count). The molecule has 2 aromatic rings. The van der Waals surface area contributed by atoms with Crippen LogP contribution in [0.5, 0.6) is 0 Å². The van der Waals surface area contributed by atoms with Crippen molar-refractivity contribution < 1.29 is 18.0 Å². The molecule has 6 heteroatoms. The Morgan fingerprint density at radius 3 is 2.71 bits per heavy atom. The number of hydrogen-bond donors (Lipinski definition) is 0. The van der Waals surface area contributed by atoms with E-state index >= 15 is 0 Å². The Morgan fingerprint density at radius 2 is 2.00 bits per heavy atom. The minimum atomic E-state index is -4.55. The van der Waals surface area contributed by atoms with Gasteiger partial charge in [-0.1, -0.05) is 18.2 Å². The second-order valence-corrected chi connectivity index (χ2v) is 5.95. The Kier molecular flexibility index (Phi) is 3.49. The summed E-state index contributed by atoms with van der Waals surface area (Å²) in [5.74, 6) is -0.517. The first kappa shape index (κ1) is 14.1. The second-order valence-electron chi connectivity index (χ2n) is 4.70. The number of ketones is 1. The summed E-state index contributed by atoms with van der Waals surface area (Å²) in [6.07, 6.45) is -2.04. The van der Waals surface area contributed by atoms with Crippen molar-refractivity contribution in [2.75, 3.05) is 0 Å². The lowest BCUT2D eigenvalue weighted by Crippen LogP contribution is -2.21. The van der Waals surface area contributed by atoms with Crippen LogP contribution in [-0.2, 0) is 12.6 Å². The molecule has 0 radical (unpaired) electrons. The minimum absolute atomic E-state index is 0.352. The number of rotatable bonds is 2. The SMILES string of the molecule is O=C(c1cnccc1C(F)(F)F)C1Cc2ccccc2S1. The lowest BCUT2D eigenvalue weighted by Gasteiger charge is -2.13. The van der Waals surface area contributed by atoms with Gasteiger partial charge in [0.2, 0.25) is 0 Å². The Hall–Kier alpha value is -1.82. The van der Waals surface area contributed by atoms with E-state index in [1.54, 1.807) is 0 Å². The van der Waals surface area contributed by atoms with Gasteiger partial charge in [0.05, 0.1) is 10.8 Å². The van der Waals surface area contributed by atoms with Crippen LogP contribution < -0.4 is 0 Å². The number of pyridine rings is 1. The Morgan fingerprint density at radius 1 is 1.24 bits per heavy atom. The number of carbonyl (C=O) groups excluding carboxylic acids is 1. The Bertz CT molecular complexity index is 674. The van der Waals surface area contributed by atoms with Gasteiger partial charge in [0, 0.05) is 22.9 Å². The fraction of sp³-hybridized carbons (Fsp3) is 0.200. The summed E-state index contributed by atoms with van der Waals surface area (Å²) in [6, 6.07) is 8.33. The number of Topliss-reactive ketones (excluding diaryl/α,β-unsaturated/α-hetero) is 1. The number of halogens is 3. The van der Waals surface area contributed by atoms with E-state index in [2.05, 4.69) is 4.98 Å². The van der Waals surface area contributed by atoms with Gasteiger partial charge in [0.15, 0.2) is 5.78 Å². The molecule has 21 heavy (non-hydrogen) atoms. The fourth-order valence-corrected chi connectivity index (χ4v) is 3.60. The van der Waals surface area contributed by atoms with Gasteiger partial charge in [-0.15, -0.1) is 11.8 Å². The highest BCUT2D eigenvalue weighted by Crippen LogP contribution is 2.40. The molecule has 1 aliphatic rings. The van der Waals surface area contributed by atoms with Crippen molar-refractivity contribution >= 4 is 17.5 Å². The molecule has 0 fully saturated rings. The highest BCUT2D eigenvalue weighted by molar-refractivity contribution is 8.01. The molecule has 1 atom stereocenters. The summed E-state index contributed by atoms with van der Waals surface area (Å²) in [4.78, 5) is 17.0. The van der Waals surface area contributed by atoms with Crippen LogP contribution in [0.1, 0.15) is 21.5 Å². The van der Waals surface area contributed by atoms with E-state index in [0.717, 1.165) is 28.9 Å². The van der Waals surface area contributed by atoms with Crippen LogP contribution >= 0.6 is 11.8 Å². The second kappa shape index (κ2) is 5.18. The zero-order valence-electron chi connectivity index (χ0n) is 10.7. The molecule has 0 aliphatic carbocycles. The molecule has 1 aromatic carbocycles. The maximum Gasteiger partial charge on any atom is 0.417 e. The van der Waals surface area contributed by atoms with Crippen molar-refractivity contribution in [2.24, 2.45) is 0 Å². The van der Waals surface area contributed by atoms with Crippen molar-refractivity contribution in [1.29, 1.82) is 0 Å². The molecule has 0 saturated carbocycles. The van der Waals surface area contributed by atoms with E-state index < -0.39 is 22.8 Å². The molecule has 2 heterocycles. The van der Waals surface area contributed by atoms with E-state index in [1.807, 2.05) is 24.3 Å². The number of alkyl halides is 3. The zero-order valence-corrected chi connectivity index (χ0v) is 11.5. The van der Waals surface area contributed by atoms with Gasteiger partial charge in [-0.3, -0.25) is 9.78 Å². The predicted octanol–water partition coefficient (Wildman–Crippen LogP) is 4.00. The molecule has 108 valence electrons. The molecule has 0 amide bonds. The van der Waals surface area contributed by atoms with Gasteiger partial charge >= 0.3 is 6.18 Å². The van der Waals surface area contributed by atoms with E-state index in [1.165, 1.54) is 11.8 Å². The largest absolute Gasteiger partial charge is 0.417 e. The van der Waals surface area contributed by atoms with Gasteiger partial charge in [0.1, 0.15) is 0 Å². The fourth-order valence-electron chi connectivity index (χ4n) is 2.34. The van der Waals surface area contributed by atoms with Crippen molar-refractivity contribution in [3.05, 3.63) is 59.4 Å². The third kappa shape index (κ3) is 2.68. The van der Waals surface area contributed by atoms with Gasteiger partial charge in [0.25, 0.3) is 0 Å². The first-order valence-electron chi connectivity index (χ1n) is 6.27. The Labute approximate surface area is 123 Å². The van der Waals surface area contributed by atoms with Crippen LogP contribution in [0.3, 0.4) is 0 Å². The summed E-state index contributed by atoms with van der Waals surface area (Å²) >= 11 is 1.31. The van der Waals surface area contributed by atoms with Gasteiger partial charge < -0.3 is 0 Å². The van der Waals surface area contributed by atoms with E-state index in [4.69, 9.17) is 0 Å². The van der Waals surface area contributed by atoms with Gasteiger partial charge in [-0.25, -0.2) is 0 Å². The monoisotopic (exact) mass is 309 g/mol. The number of aromatic nitrogens is 1. The van der Waals surface area contributed by atoms with Crippen LogP contribution in [0.4, 0.5) is 13.2 Å². The maximum absolute atomic E-state index is 13.0. The lowest BCUT2D eigenvalue weighted by atomic mass is 10.00. The normalized spacial score (nSPS) is 17.6. The molecule has 0 N–H and O–H groups in total. The lowest BCUT2D eigenvalue weighted by molar-refractivity contribution is -0.138. The Balaban J connectivity index is 1.92. The quantitative estimate of drug-likeness (QED) is 0.785. The maximum atomic E-state index is 13.0. The predicted molar refractivity (Wildman–Crippen MR) is 73.4 cm³/mol. The first-order valence-corrected chi connectivity index (χ1v) is 7.15. The molecular formula is C15H10F3NOS. The highest BCUT2D eigenvalue weighted by atomic mass is 32.2. The summed E-state index contributed by atoms with van der Waals surface area (Å²) < 4.78 is 38.9. The van der Waals surface area contributed by atoms with Crippen molar-refractivity contribution in [3.8, 4) is 0 Å². The van der Waals surface area contributed by atoms with Crippen molar-refractivity contribution in [1.82, 2.24) is 4.98 Å². The van der Waals surface area contributed by atoms with Gasteiger partial charge in [-0.05, 0) is 24.1 Å². The summed E-state index contributed by atoms with van der Waals surface area (Å²) in [5, 5.41) is -0.521. The van der Waals surface area contributed by atoms with Crippen LogP contribution in [0.2, 0.25) is 0 Å². The molecule has 1 aromatic heterocycles.